The number of halogens is 2. The van der Waals surface area contributed by atoms with E-state index in [-0.39, 0.29) is 30.1 Å². The second-order valence-corrected chi connectivity index (χ2v) is 6.64. The van der Waals surface area contributed by atoms with Gasteiger partial charge in [-0.2, -0.15) is 0 Å². The van der Waals surface area contributed by atoms with E-state index in [2.05, 4.69) is 22.1 Å². The Morgan fingerprint density at radius 3 is 2.88 bits per heavy atom. The summed E-state index contributed by atoms with van der Waals surface area (Å²) in [7, 11) is 0. The third kappa shape index (κ3) is 5.24. The summed E-state index contributed by atoms with van der Waals surface area (Å²) >= 11 is 6.11. The number of nitrogens with zero attached hydrogens (tertiary/aromatic N) is 2. The van der Waals surface area contributed by atoms with Gasteiger partial charge in [-0.1, -0.05) is 11.6 Å². The molecule has 0 aliphatic carbocycles. The number of aliphatic imine (C=N–C) groups is 1. The first kappa shape index (κ1) is 20.3. The van der Waals surface area contributed by atoms with E-state index in [4.69, 9.17) is 16.6 Å². The predicted molar refractivity (Wildman–Crippen MR) is 115 cm³/mol. The molecule has 0 unspecified atom stereocenters. The molecule has 0 saturated carbocycles. The minimum absolute atomic E-state index is 0. The number of hydrogen-bond donors (Lipinski definition) is 3. The van der Waals surface area contributed by atoms with Crippen molar-refractivity contribution < 1.29 is 5.11 Å². The predicted octanol–water partition coefficient (Wildman–Crippen LogP) is 3.40. The van der Waals surface area contributed by atoms with Crippen LogP contribution in [0.2, 0.25) is 5.02 Å². The van der Waals surface area contributed by atoms with Crippen LogP contribution in [0.3, 0.4) is 0 Å². The van der Waals surface area contributed by atoms with Crippen molar-refractivity contribution in [2.45, 2.75) is 32.3 Å². The zero-order valence-corrected chi connectivity index (χ0v) is 17.6. The number of rotatable bonds is 4. The highest BCUT2D eigenvalue weighted by molar-refractivity contribution is 14.0. The molecule has 0 atom stereocenters. The van der Waals surface area contributed by atoms with E-state index >= 15 is 0 Å². The minimum Gasteiger partial charge on any atom is -0.393 e. The first-order chi connectivity index (χ1) is 11.7. The molecule has 5 nitrogen and oxygen atoms in total. The number of aromatic nitrogens is 1. The molecule has 2 heterocycles. The number of H-pyrrole nitrogens is 1. The lowest BCUT2D eigenvalue weighted by Crippen LogP contribution is -2.46. The zero-order valence-electron chi connectivity index (χ0n) is 14.5. The highest BCUT2D eigenvalue weighted by Gasteiger charge is 2.19. The number of piperidine rings is 1. The van der Waals surface area contributed by atoms with Gasteiger partial charge >= 0.3 is 0 Å². The lowest BCUT2D eigenvalue weighted by atomic mass is 10.1. The largest absolute Gasteiger partial charge is 0.393 e. The molecule has 0 radical (unpaired) electrons. The first-order valence-corrected chi connectivity index (χ1v) is 9.02. The summed E-state index contributed by atoms with van der Waals surface area (Å²) in [6, 6.07) is 5.91. The van der Waals surface area contributed by atoms with Crippen LogP contribution < -0.4 is 5.32 Å². The van der Waals surface area contributed by atoms with Crippen LogP contribution in [0.25, 0.3) is 10.9 Å². The normalized spacial score (nSPS) is 16.1. The maximum absolute atomic E-state index is 9.66. The van der Waals surface area contributed by atoms with Crippen LogP contribution in [-0.2, 0) is 6.42 Å². The molecule has 2 aromatic rings. The summed E-state index contributed by atoms with van der Waals surface area (Å²) in [5, 5.41) is 14.9. The second kappa shape index (κ2) is 9.64. The van der Waals surface area contributed by atoms with Gasteiger partial charge in [0, 0.05) is 48.3 Å². The van der Waals surface area contributed by atoms with Crippen LogP contribution >= 0.6 is 35.6 Å². The van der Waals surface area contributed by atoms with Crippen molar-refractivity contribution in [2.24, 2.45) is 4.99 Å². The molecule has 0 amide bonds. The van der Waals surface area contributed by atoms with Crippen LogP contribution in [0.15, 0.2) is 29.4 Å². The van der Waals surface area contributed by atoms with Gasteiger partial charge in [-0.05, 0) is 49.9 Å². The molecule has 1 aromatic carbocycles. The van der Waals surface area contributed by atoms with Crippen molar-refractivity contribution in [2.75, 3.05) is 26.2 Å². The lowest BCUT2D eigenvalue weighted by Gasteiger charge is -2.32. The highest BCUT2D eigenvalue weighted by atomic mass is 127. The summed E-state index contributed by atoms with van der Waals surface area (Å²) in [5.74, 6) is 0.947. The number of likely N-dealkylation sites (tertiary alicyclic amines) is 1. The smallest absolute Gasteiger partial charge is 0.193 e. The third-order valence-electron chi connectivity index (χ3n) is 4.47. The number of aliphatic hydroxyl groups is 1. The van der Waals surface area contributed by atoms with Gasteiger partial charge in [0.15, 0.2) is 5.96 Å². The standard InChI is InChI=1S/C18H25ClN4O.HI/c1-2-20-18(23-9-6-15(24)7-10-23)21-8-5-13-12-22-17-4-3-14(19)11-16(13)17;/h3-4,11-12,15,22,24H,2,5-10H2,1H3,(H,20,21);1H. The lowest BCUT2D eigenvalue weighted by molar-refractivity contribution is 0.108. The summed E-state index contributed by atoms with van der Waals surface area (Å²) in [5.41, 5.74) is 2.34. The molecule has 7 heteroatoms. The van der Waals surface area contributed by atoms with Gasteiger partial charge in [0.05, 0.1) is 6.10 Å². The van der Waals surface area contributed by atoms with Crippen LogP contribution in [-0.4, -0.2) is 53.2 Å². The molecule has 0 spiro atoms. The number of hydrogen-bond acceptors (Lipinski definition) is 2. The highest BCUT2D eigenvalue weighted by Crippen LogP contribution is 2.22. The van der Waals surface area contributed by atoms with E-state index in [0.29, 0.717) is 0 Å². The van der Waals surface area contributed by atoms with Gasteiger partial charge < -0.3 is 20.3 Å². The average molecular weight is 477 g/mol. The number of aromatic amines is 1. The van der Waals surface area contributed by atoms with E-state index < -0.39 is 0 Å². The van der Waals surface area contributed by atoms with Crippen molar-refractivity contribution in [1.29, 1.82) is 0 Å². The van der Waals surface area contributed by atoms with Crippen molar-refractivity contribution >= 4 is 52.4 Å². The van der Waals surface area contributed by atoms with E-state index in [1.54, 1.807) is 0 Å². The topological polar surface area (TPSA) is 63.7 Å². The monoisotopic (exact) mass is 476 g/mol. The fourth-order valence-corrected chi connectivity index (χ4v) is 3.32. The number of fused-ring (bicyclic) bond motifs is 1. The maximum atomic E-state index is 9.66. The average Bonchev–Trinajstić information content (AvgIpc) is 2.97. The summed E-state index contributed by atoms with van der Waals surface area (Å²) in [4.78, 5) is 10.3. The second-order valence-electron chi connectivity index (χ2n) is 6.21. The van der Waals surface area contributed by atoms with Crippen molar-refractivity contribution in [3.05, 3.63) is 35.0 Å². The zero-order chi connectivity index (χ0) is 16.9. The molecule has 3 rings (SSSR count). The molecule has 0 bridgehead atoms. The Hall–Kier alpha value is -0.990. The Balaban J connectivity index is 0.00000225. The Labute approximate surface area is 170 Å². The SMILES string of the molecule is CCNC(=NCCc1c[nH]c2ccc(Cl)cc12)N1CCC(O)CC1.I. The summed E-state index contributed by atoms with van der Waals surface area (Å²) in [6.07, 6.45) is 4.36. The van der Waals surface area contributed by atoms with E-state index in [1.165, 1.54) is 10.9 Å². The fourth-order valence-electron chi connectivity index (χ4n) is 3.14. The van der Waals surface area contributed by atoms with Gasteiger partial charge in [0.2, 0.25) is 0 Å². The van der Waals surface area contributed by atoms with Crippen molar-refractivity contribution in [3.8, 4) is 0 Å². The van der Waals surface area contributed by atoms with Gasteiger partial charge in [-0.25, -0.2) is 0 Å². The van der Waals surface area contributed by atoms with Crippen molar-refractivity contribution in [1.82, 2.24) is 15.2 Å². The fraction of sp³-hybridized carbons (Fsp3) is 0.500. The Kier molecular flexibility index (Phi) is 7.83. The summed E-state index contributed by atoms with van der Waals surface area (Å²) < 4.78 is 0. The molecule has 25 heavy (non-hydrogen) atoms. The molecule has 1 saturated heterocycles. The van der Waals surface area contributed by atoms with E-state index in [0.717, 1.165) is 61.9 Å². The maximum Gasteiger partial charge on any atom is 0.193 e. The quantitative estimate of drug-likeness (QED) is 0.360. The minimum atomic E-state index is -0.167. The van der Waals surface area contributed by atoms with Gasteiger partial charge in [0.1, 0.15) is 0 Å². The molecule has 1 aliphatic heterocycles. The van der Waals surface area contributed by atoms with Crippen LogP contribution in [0.1, 0.15) is 25.3 Å². The molecule has 1 aliphatic rings. The molecule has 1 fully saturated rings. The molecule has 1 aromatic heterocycles. The third-order valence-corrected chi connectivity index (χ3v) is 4.71. The van der Waals surface area contributed by atoms with Crippen molar-refractivity contribution in [3.63, 3.8) is 0 Å². The summed E-state index contributed by atoms with van der Waals surface area (Å²) in [6.45, 7) is 5.36. The first-order valence-electron chi connectivity index (χ1n) is 8.64. The van der Waals surface area contributed by atoms with Crippen LogP contribution in [0.5, 0.6) is 0 Å². The van der Waals surface area contributed by atoms with Gasteiger partial charge in [-0.15, -0.1) is 24.0 Å². The van der Waals surface area contributed by atoms with Gasteiger partial charge in [0.25, 0.3) is 0 Å². The Morgan fingerprint density at radius 2 is 2.16 bits per heavy atom. The van der Waals surface area contributed by atoms with Crippen LogP contribution in [0.4, 0.5) is 0 Å². The number of benzene rings is 1. The Morgan fingerprint density at radius 1 is 1.40 bits per heavy atom. The number of nitrogens with one attached hydrogen (secondary N) is 2. The number of aliphatic hydroxyl groups excluding tert-OH is 1. The Bertz CT molecular complexity index is 710. The van der Waals surface area contributed by atoms with Crippen LogP contribution in [0, 0.1) is 0 Å². The molecular weight excluding hydrogens is 451 g/mol. The molecule has 3 N–H and O–H groups in total. The van der Waals surface area contributed by atoms with Gasteiger partial charge in [-0.3, -0.25) is 4.99 Å². The molecule has 138 valence electrons. The van der Waals surface area contributed by atoms with E-state index in [1.807, 2.05) is 24.4 Å². The van der Waals surface area contributed by atoms with E-state index in [9.17, 15) is 5.11 Å². The number of guanidine groups is 1. The molecular formula is C18H26ClIN4O.